The minimum Gasteiger partial charge on any atom is -0.272 e. The Morgan fingerprint density at radius 1 is 1.44 bits per heavy atom. The van der Waals surface area contributed by atoms with Gasteiger partial charge in [-0.3, -0.25) is 9.63 Å². The summed E-state index contributed by atoms with van der Waals surface area (Å²) in [5, 5.41) is 1.40. The highest BCUT2D eigenvalue weighted by Gasteiger charge is 2.18. The van der Waals surface area contributed by atoms with Gasteiger partial charge in [0, 0.05) is 4.90 Å². The summed E-state index contributed by atoms with van der Waals surface area (Å²) in [6.07, 6.45) is 0.896. The number of hydrogen-bond acceptors (Lipinski definition) is 3. The summed E-state index contributed by atoms with van der Waals surface area (Å²) < 4.78 is 12.6. The minimum atomic E-state index is -0.265. The van der Waals surface area contributed by atoms with Gasteiger partial charge < -0.3 is 0 Å². The highest BCUT2D eigenvalue weighted by atomic mass is 32.2. The Kier molecular flexibility index (Phi) is 3.79. The van der Waals surface area contributed by atoms with E-state index in [1.165, 1.54) is 29.0 Å². The van der Waals surface area contributed by atoms with Crippen molar-refractivity contribution in [3.63, 3.8) is 0 Å². The lowest BCUT2D eigenvalue weighted by atomic mass is 10.4. The van der Waals surface area contributed by atoms with E-state index in [9.17, 15) is 9.18 Å². The van der Waals surface area contributed by atoms with Crippen molar-refractivity contribution in [2.24, 2.45) is 0 Å². The zero-order chi connectivity index (χ0) is 11.4. The molecule has 5 heteroatoms. The monoisotopic (exact) mass is 241 g/mol. The topological polar surface area (TPSA) is 29.5 Å². The van der Waals surface area contributed by atoms with Crippen LogP contribution in [0, 0.1) is 5.82 Å². The van der Waals surface area contributed by atoms with E-state index in [1.807, 2.05) is 0 Å². The standard InChI is InChI=1S/C11H12FNO2S/c12-9-2-4-10(5-3-9)16-8-11(14)13-6-1-7-15-13/h2-5H,1,6-8H2. The summed E-state index contributed by atoms with van der Waals surface area (Å²) in [6, 6.07) is 6.11. The van der Waals surface area contributed by atoms with E-state index in [4.69, 9.17) is 4.84 Å². The Balaban J connectivity index is 1.82. The van der Waals surface area contributed by atoms with Gasteiger partial charge in [-0.05, 0) is 30.7 Å². The van der Waals surface area contributed by atoms with Gasteiger partial charge in [-0.1, -0.05) is 0 Å². The lowest BCUT2D eigenvalue weighted by Crippen LogP contribution is -2.28. The molecular formula is C11H12FNO2S. The molecule has 0 saturated carbocycles. The molecule has 86 valence electrons. The van der Waals surface area contributed by atoms with E-state index in [2.05, 4.69) is 0 Å². The van der Waals surface area contributed by atoms with Crippen LogP contribution in [0.1, 0.15) is 6.42 Å². The molecule has 0 bridgehead atoms. The summed E-state index contributed by atoms with van der Waals surface area (Å²) in [4.78, 5) is 17.6. The van der Waals surface area contributed by atoms with Gasteiger partial charge in [-0.2, -0.15) is 0 Å². The number of carbonyl (C=O) groups excluding carboxylic acids is 1. The molecule has 0 aliphatic carbocycles. The second-order valence-corrected chi connectivity index (χ2v) is 4.47. The van der Waals surface area contributed by atoms with Crippen LogP contribution in [0.15, 0.2) is 29.2 Å². The molecule has 1 amide bonds. The summed E-state index contributed by atoms with van der Waals surface area (Å²) in [6.45, 7) is 1.29. The number of rotatable bonds is 3. The molecule has 1 saturated heterocycles. The SMILES string of the molecule is O=C(CSc1ccc(F)cc1)N1CCCO1. The Morgan fingerprint density at radius 3 is 2.81 bits per heavy atom. The first-order chi connectivity index (χ1) is 7.75. The number of amides is 1. The predicted octanol–water partition coefficient (Wildman–Crippen LogP) is 2.08. The van der Waals surface area contributed by atoms with Crippen LogP contribution in [-0.4, -0.2) is 29.9 Å². The summed E-state index contributed by atoms with van der Waals surface area (Å²) >= 11 is 1.39. The van der Waals surface area contributed by atoms with Crippen molar-refractivity contribution >= 4 is 17.7 Å². The molecule has 1 fully saturated rings. The first-order valence-corrected chi connectivity index (χ1v) is 6.06. The van der Waals surface area contributed by atoms with E-state index in [-0.39, 0.29) is 11.7 Å². The molecule has 1 aliphatic rings. The first-order valence-electron chi connectivity index (χ1n) is 5.07. The largest absolute Gasteiger partial charge is 0.272 e. The van der Waals surface area contributed by atoms with Gasteiger partial charge in [-0.25, -0.2) is 9.45 Å². The molecule has 0 spiro atoms. The van der Waals surface area contributed by atoms with E-state index in [0.29, 0.717) is 18.9 Å². The molecule has 1 aromatic rings. The Hall–Kier alpha value is -1.07. The molecule has 16 heavy (non-hydrogen) atoms. The molecular weight excluding hydrogens is 229 g/mol. The molecule has 1 heterocycles. The van der Waals surface area contributed by atoms with Crippen LogP contribution in [0.25, 0.3) is 0 Å². The average Bonchev–Trinajstić information content (AvgIpc) is 2.81. The summed E-state index contributed by atoms with van der Waals surface area (Å²) in [7, 11) is 0. The molecule has 0 aromatic heterocycles. The molecule has 0 unspecified atom stereocenters. The highest BCUT2D eigenvalue weighted by Crippen LogP contribution is 2.19. The highest BCUT2D eigenvalue weighted by molar-refractivity contribution is 8.00. The fourth-order valence-corrected chi connectivity index (χ4v) is 2.15. The van der Waals surface area contributed by atoms with Gasteiger partial charge >= 0.3 is 0 Å². The summed E-state index contributed by atoms with van der Waals surface area (Å²) in [5.41, 5.74) is 0. The predicted molar refractivity (Wildman–Crippen MR) is 59.4 cm³/mol. The number of hydroxylamine groups is 2. The lowest BCUT2D eigenvalue weighted by molar-refractivity contribution is -0.165. The Bertz CT molecular complexity index is 363. The Labute approximate surface area is 97.5 Å². The smallest absolute Gasteiger partial charge is 0.256 e. The molecule has 0 radical (unpaired) electrons. The molecule has 1 aliphatic heterocycles. The van der Waals surface area contributed by atoms with Crippen molar-refractivity contribution in [2.45, 2.75) is 11.3 Å². The van der Waals surface area contributed by atoms with Crippen molar-refractivity contribution < 1.29 is 14.0 Å². The normalized spacial score (nSPS) is 15.4. The van der Waals surface area contributed by atoms with Crippen LogP contribution in [0.2, 0.25) is 0 Å². The third kappa shape index (κ3) is 2.96. The van der Waals surface area contributed by atoms with Gasteiger partial charge in [0.25, 0.3) is 5.91 Å². The minimum absolute atomic E-state index is 0.0353. The second kappa shape index (κ2) is 5.32. The quantitative estimate of drug-likeness (QED) is 0.759. The Morgan fingerprint density at radius 2 is 2.19 bits per heavy atom. The van der Waals surface area contributed by atoms with Crippen molar-refractivity contribution in [1.82, 2.24) is 5.06 Å². The van der Waals surface area contributed by atoms with Crippen LogP contribution in [0.3, 0.4) is 0 Å². The van der Waals surface area contributed by atoms with Gasteiger partial charge in [0.15, 0.2) is 0 Å². The molecule has 3 nitrogen and oxygen atoms in total. The van der Waals surface area contributed by atoms with Crippen LogP contribution in [0.5, 0.6) is 0 Å². The van der Waals surface area contributed by atoms with Crippen molar-refractivity contribution in [3.05, 3.63) is 30.1 Å². The van der Waals surface area contributed by atoms with Crippen molar-refractivity contribution in [3.8, 4) is 0 Å². The van der Waals surface area contributed by atoms with E-state index < -0.39 is 0 Å². The number of benzene rings is 1. The van der Waals surface area contributed by atoms with Gasteiger partial charge in [0.2, 0.25) is 0 Å². The van der Waals surface area contributed by atoms with Gasteiger partial charge in [-0.15, -0.1) is 11.8 Å². The maximum Gasteiger partial charge on any atom is 0.256 e. The van der Waals surface area contributed by atoms with E-state index >= 15 is 0 Å². The average molecular weight is 241 g/mol. The van der Waals surface area contributed by atoms with Gasteiger partial charge in [0.05, 0.1) is 18.9 Å². The number of halogens is 1. The zero-order valence-electron chi connectivity index (χ0n) is 8.69. The number of hydrogen-bond donors (Lipinski definition) is 0. The first kappa shape index (κ1) is 11.4. The van der Waals surface area contributed by atoms with Crippen LogP contribution in [0.4, 0.5) is 4.39 Å². The third-order valence-corrected chi connectivity index (χ3v) is 3.20. The number of carbonyl (C=O) groups is 1. The lowest BCUT2D eigenvalue weighted by Gasteiger charge is -2.13. The van der Waals surface area contributed by atoms with Crippen molar-refractivity contribution in [2.75, 3.05) is 18.9 Å². The number of thioether (sulfide) groups is 1. The fraction of sp³-hybridized carbons (Fsp3) is 0.364. The third-order valence-electron chi connectivity index (χ3n) is 2.21. The maximum absolute atomic E-state index is 12.6. The molecule has 1 aromatic carbocycles. The number of nitrogens with zero attached hydrogens (tertiary/aromatic N) is 1. The van der Waals surface area contributed by atoms with Crippen molar-refractivity contribution in [1.29, 1.82) is 0 Å². The second-order valence-electron chi connectivity index (χ2n) is 3.43. The molecule has 2 rings (SSSR count). The van der Waals surface area contributed by atoms with E-state index in [1.54, 1.807) is 12.1 Å². The van der Waals surface area contributed by atoms with Gasteiger partial charge in [0.1, 0.15) is 5.82 Å². The van der Waals surface area contributed by atoms with Crippen LogP contribution < -0.4 is 0 Å². The summed E-state index contributed by atoms with van der Waals surface area (Å²) in [5.74, 6) is 0.0245. The molecule has 0 N–H and O–H groups in total. The van der Waals surface area contributed by atoms with Crippen LogP contribution in [-0.2, 0) is 9.63 Å². The fourth-order valence-electron chi connectivity index (χ4n) is 1.39. The zero-order valence-corrected chi connectivity index (χ0v) is 9.50. The van der Waals surface area contributed by atoms with Crippen LogP contribution >= 0.6 is 11.8 Å². The van der Waals surface area contributed by atoms with E-state index in [0.717, 1.165) is 11.3 Å². The molecule has 0 atom stereocenters. The maximum atomic E-state index is 12.6.